The predicted octanol–water partition coefficient (Wildman–Crippen LogP) is 1.62. The van der Waals surface area contributed by atoms with Crippen molar-refractivity contribution in [1.29, 1.82) is 0 Å². The lowest BCUT2D eigenvalue weighted by molar-refractivity contribution is -0.126. The van der Waals surface area contributed by atoms with Crippen LogP contribution >= 0.6 is 0 Å². The fraction of sp³-hybridized carbons (Fsp3) is 0.529. The van der Waals surface area contributed by atoms with E-state index in [0.29, 0.717) is 25.7 Å². The Morgan fingerprint density at radius 1 is 1.27 bits per heavy atom. The number of nitrogens with zero attached hydrogens (tertiary/aromatic N) is 2. The van der Waals surface area contributed by atoms with Gasteiger partial charge in [-0.3, -0.25) is 14.5 Å². The van der Waals surface area contributed by atoms with E-state index in [0.717, 1.165) is 5.56 Å². The molecule has 2 rings (SSSR count). The standard InChI is InChI=1S/C17H25N3O2/c1-4-20-12-19(11-16(20)22)10-15(21)18-17(13(2)3)14-8-6-5-7-9-14/h5-9,13,17H,4,10-12H2,1-3H3,(H,18,21)/t17-/m1/s1. The first-order valence-electron chi connectivity index (χ1n) is 7.85. The number of nitrogens with one attached hydrogen (secondary N) is 1. The highest BCUT2D eigenvalue weighted by Gasteiger charge is 2.28. The van der Waals surface area contributed by atoms with Crippen LogP contribution < -0.4 is 5.32 Å². The maximum Gasteiger partial charge on any atom is 0.237 e. The third-order valence-corrected chi connectivity index (χ3v) is 3.97. The van der Waals surface area contributed by atoms with Gasteiger partial charge in [-0.2, -0.15) is 0 Å². The van der Waals surface area contributed by atoms with Crippen molar-refractivity contribution in [2.45, 2.75) is 26.8 Å². The van der Waals surface area contributed by atoms with E-state index in [1.54, 1.807) is 4.90 Å². The molecule has 5 heteroatoms. The van der Waals surface area contributed by atoms with Crippen LogP contribution in [0, 0.1) is 5.92 Å². The smallest absolute Gasteiger partial charge is 0.237 e. The van der Waals surface area contributed by atoms with E-state index in [1.165, 1.54) is 0 Å². The van der Waals surface area contributed by atoms with Gasteiger partial charge in [0.2, 0.25) is 11.8 Å². The zero-order valence-corrected chi connectivity index (χ0v) is 13.6. The minimum Gasteiger partial charge on any atom is -0.348 e. The largest absolute Gasteiger partial charge is 0.348 e. The third-order valence-electron chi connectivity index (χ3n) is 3.97. The van der Waals surface area contributed by atoms with E-state index in [2.05, 4.69) is 19.2 Å². The zero-order chi connectivity index (χ0) is 16.1. The van der Waals surface area contributed by atoms with Crippen molar-refractivity contribution in [2.75, 3.05) is 26.3 Å². The second kappa shape index (κ2) is 7.40. The summed E-state index contributed by atoms with van der Waals surface area (Å²) in [5, 5.41) is 3.10. The predicted molar refractivity (Wildman–Crippen MR) is 86.0 cm³/mol. The average Bonchev–Trinajstić information content (AvgIpc) is 2.85. The van der Waals surface area contributed by atoms with Crippen LogP contribution in [0.3, 0.4) is 0 Å². The number of benzene rings is 1. The van der Waals surface area contributed by atoms with Crippen molar-refractivity contribution in [1.82, 2.24) is 15.1 Å². The molecule has 0 spiro atoms. The van der Waals surface area contributed by atoms with E-state index in [-0.39, 0.29) is 24.4 Å². The SMILES string of the molecule is CCN1CN(CC(=O)N[C@@H](c2ccccc2)C(C)C)CC1=O. The summed E-state index contributed by atoms with van der Waals surface area (Å²) in [6, 6.07) is 9.99. The summed E-state index contributed by atoms with van der Waals surface area (Å²) in [6.45, 7) is 7.96. The molecule has 1 heterocycles. The second-order valence-corrected chi connectivity index (χ2v) is 6.08. The van der Waals surface area contributed by atoms with Gasteiger partial charge in [-0.15, -0.1) is 0 Å². The minimum absolute atomic E-state index is 0.00529. The zero-order valence-electron chi connectivity index (χ0n) is 13.6. The molecule has 1 N–H and O–H groups in total. The molecule has 5 nitrogen and oxygen atoms in total. The quantitative estimate of drug-likeness (QED) is 0.869. The first-order chi connectivity index (χ1) is 10.5. The van der Waals surface area contributed by atoms with Gasteiger partial charge in [0.25, 0.3) is 0 Å². The maximum atomic E-state index is 12.3. The molecule has 1 aliphatic heterocycles. The van der Waals surface area contributed by atoms with Crippen molar-refractivity contribution in [3.63, 3.8) is 0 Å². The minimum atomic E-state index is -0.0340. The number of hydrogen-bond acceptors (Lipinski definition) is 3. The molecule has 120 valence electrons. The highest BCUT2D eigenvalue weighted by atomic mass is 16.2. The molecule has 1 aliphatic rings. The fourth-order valence-corrected chi connectivity index (χ4v) is 2.76. The second-order valence-electron chi connectivity index (χ2n) is 6.08. The average molecular weight is 303 g/mol. The van der Waals surface area contributed by atoms with Gasteiger partial charge in [0.05, 0.1) is 25.8 Å². The summed E-state index contributed by atoms with van der Waals surface area (Å²) < 4.78 is 0. The summed E-state index contributed by atoms with van der Waals surface area (Å²) in [7, 11) is 0. The molecule has 0 bridgehead atoms. The molecule has 1 atom stereocenters. The van der Waals surface area contributed by atoms with Gasteiger partial charge in [0.15, 0.2) is 0 Å². The van der Waals surface area contributed by atoms with Gasteiger partial charge >= 0.3 is 0 Å². The Bertz CT molecular complexity index is 516. The van der Waals surface area contributed by atoms with Gasteiger partial charge < -0.3 is 10.2 Å². The molecule has 1 aromatic carbocycles. The van der Waals surface area contributed by atoms with Crippen molar-refractivity contribution >= 4 is 11.8 Å². The monoisotopic (exact) mass is 303 g/mol. The maximum absolute atomic E-state index is 12.3. The number of carbonyl (C=O) groups is 2. The van der Waals surface area contributed by atoms with Crippen LogP contribution in [0.15, 0.2) is 30.3 Å². The topological polar surface area (TPSA) is 52.6 Å². The Morgan fingerprint density at radius 3 is 2.50 bits per heavy atom. The lowest BCUT2D eigenvalue weighted by Crippen LogP contribution is -2.40. The van der Waals surface area contributed by atoms with Gasteiger partial charge in [-0.25, -0.2) is 0 Å². The van der Waals surface area contributed by atoms with E-state index < -0.39 is 0 Å². The molecular weight excluding hydrogens is 278 g/mol. The highest BCUT2D eigenvalue weighted by molar-refractivity contribution is 5.83. The molecular formula is C17H25N3O2. The van der Waals surface area contributed by atoms with Crippen molar-refractivity contribution in [3.05, 3.63) is 35.9 Å². The number of rotatable bonds is 6. The third kappa shape index (κ3) is 4.07. The summed E-state index contributed by atoms with van der Waals surface area (Å²) in [6.07, 6.45) is 0. The van der Waals surface area contributed by atoms with Crippen LogP contribution in [-0.2, 0) is 9.59 Å². The van der Waals surface area contributed by atoms with Crippen LogP contribution in [0.1, 0.15) is 32.4 Å². The normalized spacial score (nSPS) is 17.1. The van der Waals surface area contributed by atoms with Crippen molar-refractivity contribution in [3.8, 4) is 0 Å². The Labute approximate surface area is 132 Å². The van der Waals surface area contributed by atoms with Gasteiger partial charge in [-0.05, 0) is 18.4 Å². The van der Waals surface area contributed by atoms with Crippen LogP contribution in [0.5, 0.6) is 0 Å². The summed E-state index contributed by atoms with van der Waals surface area (Å²) in [5.74, 6) is 0.366. The molecule has 0 aliphatic carbocycles. The molecule has 0 unspecified atom stereocenters. The fourth-order valence-electron chi connectivity index (χ4n) is 2.76. The van der Waals surface area contributed by atoms with Gasteiger partial charge in [0.1, 0.15) is 0 Å². The molecule has 2 amide bonds. The van der Waals surface area contributed by atoms with E-state index in [9.17, 15) is 9.59 Å². The summed E-state index contributed by atoms with van der Waals surface area (Å²) in [4.78, 5) is 27.6. The van der Waals surface area contributed by atoms with Crippen molar-refractivity contribution in [2.24, 2.45) is 5.92 Å². The van der Waals surface area contributed by atoms with E-state index in [4.69, 9.17) is 0 Å². The molecule has 1 saturated heterocycles. The molecule has 0 saturated carbocycles. The molecule has 1 fully saturated rings. The Balaban J connectivity index is 1.94. The van der Waals surface area contributed by atoms with Crippen LogP contribution in [0.4, 0.5) is 0 Å². The molecule has 0 radical (unpaired) electrons. The summed E-state index contributed by atoms with van der Waals surface area (Å²) in [5.41, 5.74) is 1.11. The number of amides is 2. The lowest BCUT2D eigenvalue weighted by atomic mass is 9.96. The Kier molecular flexibility index (Phi) is 5.55. The Morgan fingerprint density at radius 2 is 1.95 bits per heavy atom. The first-order valence-corrected chi connectivity index (χ1v) is 7.85. The summed E-state index contributed by atoms with van der Waals surface area (Å²) >= 11 is 0. The van der Waals surface area contributed by atoms with Crippen LogP contribution in [-0.4, -0.2) is 47.9 Å². The van der Waals surface area contributed by atoms with E-state index >= 15 is 0 Å². The molecule has 0 aromatic heterocycles. The van der Waals surface area contributed by atoms with Gasteiger partial charge in [0, 0.05) is 6.54 Å². The van der Waals surface area contributed by atoms with Crippen LogP contribution in [0.25, 0.3) is 0 Å². The first kappa shape index (κ1) is 16.5. The number of hydrogen-bond donors (Lipinski definition) is 1. The van der Waals surface area contributed by atoms with E-state index in [1.807, 2.05) is 42.2 Å². The van der Waals surface area contributed by atoms with Crippen LogP contribution in [0.2, 0.25) is 0 Å². The van der Waals surface area contributed by atoms with Gasteiger partial charge in [-0.1, -0.05) is 44.2 Å². The number of likely N-dealkylation sites (N-methyl/N-ethyl adjacent to an activating group) is 1. The van der Waals surface area contributed by atoms with Crippen molar-refractivity contribution < 1.29 is 9.59 Å². The molecule has 22 heavy (non-hydrogen) atoms. The molecule has 1 aromatic rings. The Hall–Kier alpha value is -1.88. The number of carbonyl (C=O) groups excluding carboxylic acids is 2. The highest BCUT2D eigenvalue weighted by Crippen LogP contribution is 2.21. The lowest BCUT2D eigenvalue weighted by Gasteiger charge is -2.24.